The first-order valence-corrected chi connectivity index (χ1v) is 8.67. The summed E-state index contributed by atoms with van der Waals surface area (Å²) in [6.07, 6.45) is 1.95. The predicted octanol–water partition coefficient (Wildman–Crippen LogP) is 5.28. The van der Waals surface area contributed by atoms with E-state index in [1.807, 2.05) is 71.5 Å². The van der Waals surface area contributed by atoms with E-state index >= 15 is 0 Å². The lowest BCUT2D eigenvalue weighted by molar-refractivity contribution is 0.466. The number of aromatic hydroxyl groups is 1. The summed E-state index contributed by atoms with van der Waals surface area (Å²) in [5.41, 5.74) is 5.95. The van der Waals surface area contributed by atoms with Gasteiger partial charge in [0.15, 0.2) is 0 Å². The van der Waals surface area contributed by atoms with Crippen LogP contribution in [-0.2, 0) is 6.54 Å². The number of hydrogen-bond acceptors (Lipinski definition) is 2. The molecule has 3 heteroatoms. The van der Waals surface area contributed by atoms with Crippen LogP contribution >= 0.6 is 0 Å². The summed E-state index contributed by atoms with van der Waals surface area (Å²) in [7, 11) is 0. The Balaban J connectivity index is 1.63. The number of phenolic OH excluding ortho intramolecular Hbond substituents is 1. The van der Waals surface area contributed by atoms with Gasteiger partial charge in [0.2, 0.25) is 0 Å². The van der Waals surface area contributed by atoms with Crippen molar-refractivity contribution in [3.63, 3.8) is 0 Å². The van der Waals surface area contributed by atoms with Crippen LogP contribution in [0.15, 0.2) is 85.1 Å². The summed E-state index contributed by atoms with van der Waals surface area (Å²) in [4.78, 5) is 0. The number of nitrogens with zero attached hydrogens (tertiary/aromatic N) is 2. The van der Waals surface area contributed by atoms with E-state index in [0.29, 0.717) is 12.3 Å². The van der Waals surface area contributed by atoms with Gasteiger partial charge in [-0.15, -0.1) is 0 Å². The van der Waals surface area contributed by atoms with Crippen molar-refractivity contribution in [1.82, 2.24) is 9.78 Å². The Hall–Kier alpha value is -3.33. The highest BCUT2D eigenvalue weighted by atomic mass is 16.3. The third-order valence-electron chi connectivity index (χ3n) is 4.49. The normalized spacial score (nSPS) is 10.8. The first-order chi connectivity index (χ1) is 12.7. The minimum absolute atomic E-state index is 0.311. The topological polar surface area (TPSA) is 38.0 Å². The highest BCUT2D eigenvalue weighted by molar-refractivity contribution is 5.71. The van der Waals surface area contributed by atoms with E-state index in [4.69, 9.17) is 0 Å². The van der Waals surface area contributed by atoms with Crippen LogP contribution in [0.1, 0.15) is 11.1 Å². The quantitative estimate of drug-likeness (QED) is 0.549. The molecule has 0 fully saturated rings. The van der Waals surface area contributed by atoms with Crippen molar-refractivity contribution in [2.45, 2.75) is 13.5 Å². The van der Waals surface area contributed by atoms with Gasteiger partial charge in [-0.3, -0.25) is 4.68 Å². The van der Waals surface area contributed by atoms with Gasteiger partial charge >= 0.3 is 0 Å². The highest BCUT2D eigenvalue weighted by Gasteiger charge is 2.10. The molecule has 0 saturated heterocycles. The Labute approximate surface area is 153 Å². The van der Waals surface area contributed by atoms with Gasteiger partial charge in [0, 0.05) is 22.9 Å². The summed E-state index contributed by atoms with van der Waals surface area (Å²) < 4.78 is 1.86. The SMILES string of the molecule is Cc1cccc(-c2ccn(Cc3cccc(-c4ccccc4)c3O)n2)c1. The maximum Gasteiger partial charge on any atom is 0.128 e. The first kappa shape index (κ1) is 16.2. The largest absolute Gasteiger partial charge is 0.507 e. The fourth-order valence-electron chi connectivity index (χ4n) is 3.15. The molecule has 1 aromatic heterocycles. The number of para-hydroxylation sites is 1. The van der Waals surface area contributed by atoms with Gasteiger partial charge in [-0.25, -0.2) is 0 Å². The molecular formula is C23H20N2O. The van der Waals surface area contributed by atoms with Gasteiger partial charge in [0.05, 0.1) is 12.2 Å². The lowest BCUT2D eigenvalue weighted by Crippen LogP contribution is -2.01. The molecule has 0 atom stereocenters. The molecule has 0 spiro atoms. The Bertz CT molecular complexity index is 1040. The van der Waals surface area contributed by atoms with E-state index in [1.54, 1.807) is 0 Å². The zero-order valence-corrected chi connectivity index (χ0v) is 14.6. The van der Waals surface area contributed by atoms with E-state index in [9.17, 15) is 5.11 Å². The molecule has 0 aliphatic carbocycles. The van der Waals surface area contributed by atoms with Crippen LogP contribution in [0.2, 0.25) is 0 Å². The number of rotatable bonds is 4. The second kappa shape index (κ2) is 6.89. The summed E-state index contributed by atoms with van der Waals surface area (Å²) in [5.74, 6) is 0.311. The van der Waals surface area contributed by atoms with Crippen molar-refractivity contribution in [3.05, 3.63) is 96.2 Å². The molecule has 0 bridgehead atoms. The van der Waals surface area contributed by atoms with Crippen molar-refractivity contribution in [2.24, 2.45) is 0 Å². The molecule has 3 aromatic carbocycles. The Kier molecular flexibility index (Phi) is 4.28. The summed E-state index contributed by atoms with van der Waals surface area (Å²) in [5, 5.41) is 15.4. The van der Waals surface area contributed by atoms with Crippen LogP contribution in [0, 0.1) is 6.92 Å². The van der Waals surface area contributed by atoms with Crippen molar-refractivity contribution >= 4 is 0 Å². The van der Waals surface area contributed by atoms with Crippen LogP contribution in [0.5, 0.6) is 5.75 Å². The van der Waals surface area contributed by atoms with Gasteiger partial charge in [-0.2, -0.15) is 5.10 Å². The first-order valence-electron chi connectivity index (χ1n) is 8.67. The lowest BCUT2D eigenvalue weighted by Gasteiger charge is -2.10. The molecule has 0 radical (unpaired) electrons. The van der Waals surface area contributed by atoms with Crippen molar-refractivity contribution in [3.8, 4) is 28.1 Å². The van der Waals surface area contributed by atoms with Crippen molar-refractivity contribution in [2.75, 3.05) is 0 Å². The molecule has 0 aliphatic heterocycles. The maximum absolute atomic E-state index is 10.7. The third-order valence-corrected chi connectivity index (χ3v) is 4.49. The second-order valence-electron chi connectivity index (χ2n) is 6.45. The predicted molar refractivity (Wildman–Crippen MR) is 105 cm³/mol. The monoisotopic (exact) mass is 340 g/mol. The summed E-state index contributed by atoms with van der Waals surface area (Å²) >= 11 is 0. The lowest BCUT2D eigenvalue weighted by atomic mass is 10.0. The molecule has 128 valence electrons. The zero-order chi connectivity index (χ0) is 17.9. The summed E-state index contributed by atoms with van der Waals surface area (Å²) in [6.45, 7) is 2.60. The zero-order valence-electron chi connectivity index (χ0n) is 14.6. The minimum atomic E-state index is 0.311. The number of aryl methyl sites for hydroxylation is 1. The average molecular weight is 340 g/mol. The molecule has 1 N–H and O–H groups in total. The fourth-order valence-corrected chi connectivity index (χ4v) is 3.15. The molecule has 0 amide bonds. The number of hydrogen-bond donors (Lipinski definition) is 1. The van der Waals surface area contributed by atoms with Gasteiger partial charge in [-0.05, 0) is 24.6 Å². The number of aromatic nitrogens is 2. The van der Waals surface area contributed by atoms with E-state index in [0.717, 1.165) is 27.9 Å². The van der Waals surface area contributed by atoms with Crippen LogP contribution in [0.25, 0.3) is 22.4 Å². The van der Waals surface area contributed by atoms with Crippen LogP contribution in [-0.4, -0.2) is 14.9 Å². The Morgan fingerprint density at radius 1 is 0.846 bits per heavy atom. The maximum atomic E-state index is 10.7. The molecule has 0 unspecified atom stereocenters. The van der Waals surface area contributed by atoms with E-state index < -0.39 is 0 Å². The molecule has 3 nitrogen and oxygen atoms in total. The minimum Gasteiger partial charge on any atom is -0.507 e. The van der Waals surface area contributed by atoms with Crippen molar-refractivity contribution in [1.29, 1.82) is 0 Å². The second-order valence-corrected chi connectivity index (χ2v) is 6.45. The molecule has 1 heterocycles. The van der Waals surface area contributed by atoms with Gasteiger partial charge in [0.25, 0.3) is 0 Å². The van der Waals surface area contributed by atoms with E-state index in [1.165, 1.54) is 5.56 Å². The third kappa shape index (κ3) is 3.24. The van der Waals surface area contributed by atoms with Crippen LogP contribution < -0.4 is 0 Å². The van der Waals surface area contributed by atoms with E-state index in [2.05, 4.69) is 30.2 Å². The van der Waals surface area contributed by atoms with Crippen molar-refractivity contribution < 1.29 is 5.11 Å². The van der Waals surface area contributed by atoms with Gasteiger partial charge < -0.3 is 5.11 Å². The molecule has 4 rings (SSSR count). The molecule has 0 aliphatic rings. The highest BCUT2D eigenvalue weighted by Crippen LogP contribution is 2.32. The number of benzene rings is 3. The van der Waals surface area contributed by atoms with Crippen LogP contribution in [0.4, 0.5) is 0 Å². The fraction of sp³-hybridized carbons (Fsp3) is 0.0870. The van der Waals surface area contributed by atoms with Gasteiger partial charge in [-0.1, -0.05) is 72.3 Å². The summed E-state index contributed by atoms with van der Waals surface area (Å²) in [6, 6.07) is 26.1. The molecule has 26 heavy (non-hydrogen) atoms. The molecule has 4 aromatic rings. The Morgan fingerprint density at radius 2 is 1.62 bits per heavy atom. The Morgan fingerprint density at radius 3 is 2.42 bits per heavy atom. The smallest absolute Gasteiger partial charge is 0.128 e. The van der Waals surface area contributed by atoms with Gasteiger partial charge in [0.1, 0.15) is 5.75 Å². The van der Waals surface area contributed by atoms with E-state index in [-0.39, 0.29) is 0 Å². The molecular weight excluding hydrogens is 320 g/mol. The standard InChI is InChI=1S/C23H20N2O/c1-17-7-5-10-19(15-17)22-13-14-25(24-22)16-20-11-6-12-21(23(20)26)18-8-3-2-4-9-18/h2-15,26H,16H2,1H3. The van der Waals surface area contributed by atoms with Crippen LogP contribution in [0.3, 0.4) is 0 Å². The molecule has 0 saturated carbocycles. The number of phenols is 1. The average Bonchev–Trinajstić information content (AvgIpc) is 3.13.